The van der Waals surface area contributed by atoms with Crippen molar-refractivity contribution < 1.29 is 23.1 Å². The molecule has 0 aliphatic carbocycles. The maximum absolute atomic E-state index is 12.0. The lowest BCUT2D eigenvalue weighted by Gasteiger charge is -2.04. The second-order valence-electron chi connectivity index (χ2n) is 4.59. The van der Waals surface area contributed by atoms with Crippen molar-refractivity contribution in [3.8, 4) is 0 Å². The molecule has 0 fully saturated rings. The number of sulfone groups is 1. The summed E-state index contributed by atoms with van der Waals surface area (Å²) in [5, 5.41) is 8.44. The molecule has 114 valence electrons. The van der Waals surface area contributed by atoms with Crippen molar-refractivity contribution >= 4 is 21.6 Å². The van der Waals surface area contributed by atoms with Gasteiger partial charge in [-0.2, -0.15) is 0 Å². The second kappa shape index (κ2) is 7.73. The number of allylic oxidation sites excluding steroid dienone is 1. The summed E-state index contributed by atoms with van der Waals surface area (Å²) < 4.78 is 24.1. The van der Waals surface area contributed by atoms with E-state index in [4.69, 9.17) is 5.11 Å². The molecule has 0 aromatic heterocycles. The van der Waals surface area contributed by atoms with E-state index >= 15 is 0 Å². The van der Waals surface area contributed by atoms with Crippen LogP contribution in [0.5, 0.6) is 0 Å². The highest BCUT2D eigenvalue weighted by Gasteiger charge is 2.14. The van der Waals surface area contributed by atoms with Gasteiger partial charge in [0.15, 0.2) is 15.6 Å². The maximum atomic E-state index is 12.0. The fourth-order valence-corrected chi connectivity index (χ4v) is 3.10. The van der Waals surface area contributed by atoms with Gasteiger partial charge < -0.3 is 5.11 Å². The van der Waals surface area contributed by atoms with Crippen LogP contribution in [0.2, 0.25) is 0 Å². The number of benzene rings is 1. The molecule has 21 heavy (non-hydrogen) atoms. The normalized spacial score (nSPS) is 11.7. The van der Waals surface area contributed by atoms with Crippen LogP contribution >= 0.6 is 0 Å². The third-order valence-corrected chi connectivity index (χ3v) is 4.71. The molecule has 0 spiro atoms. The zero-order chi connectivity index (χ0) is 15.9. The molecule has 1 N–H and O–H groups in total. The van der Waals surface area contributed by atoms with E-state index in [1.165, 1.54) is 24.3 Å². The summed E-state index contributed by atoms with van der Waals surface area (Å²) in [5.74, 6) is -1.60. The Bertz CT molecular complexity index is 627. The van der Waals surface area contributed by atoms with E-state index in [1.54, 1.807) is 0 Å². The van der Waals surface area contributed by atoms with Gasteiger partial charge >= 0.3 is 5.97 Å². The van der Waals surface area contributed by atoms with Gasteiger partial charge in [0, 0.05) is 11.6 Å². The van der Waals surface area contributed by atoms with Crippen LogP contribution < -0.4 is 0 Å². The summed E-state index contributed by atoms with van der Waals surface area (Å²) >= 11 is 0. The fraction of sp³-hybridized carbons (Fsp3) is 0.333. The molecule has 6 heteroatoms. The summed E-state index contributed by atoms with van der Waals surface area (Å²) in [6, 6.07) is 5.54. The number of ketones is 1. The standard InChI is InChI=1S/C15H18O5S/c1-2-3-4-11-21(19,20)13-7-5-12(6-8-13)14(16)9-10-15(17)18/h5-10H,2-4,11H2,1H3,(H,17,18)/b10-9+. The Kier molecular flexibility index (Phi) is 6.30. The Balaban J connectivity index is 2.82. The van der Waals surface area contributed by atoms with Crippen LogP contribution in [0, 0.1) is 0 Å². The van der Waals surface area contributed by atoms with E-state index in [9.17, 15) is 18.0 Å². The molecule has 0 bridgehead atoms. The molecule has 0 atom stereocenters. The van der Waals surface area contributed by atoms with Gasteiger partial charge in [-0.1, -0.05) is 19.8 Å². The van der Waals surface area contributed by atoms with Crippen molar-refractivity contribution in [1.82, 2.24) is 0 Å². The fourth-order valence-electron chi connectivity index (χ4n) is 1.73. The molecule has 0 unspecified atom stereocenters. The van der Waals surface area contributed by atoms with Crippen LogP contribution in [0.25, 0.3) is 0 Å². The lowest BCUT2D eigenvalue weighted by Crippen LogP contribution is -2.07. The van der Waals surface area contributed by atoms with Gasteiger partial charge in [0.25, 0.3) is 0 Å². The minimum atomic E-state index is -3.32. The molecule has 1 aromatic rings. The van der Waals surface area contributed by atoms with E-state index < -0.39 is 21.6 Å². The van der Waals surface area contributed by atoms with Gasteiger partial charge in [0.05, 0.1) is 10.6 Å². The van der Waals surface area contributed by atoms with Gasteiger partial charge in [-0.3, -0.25) is 4.79 Å². The minimum absolute atomic E-state index is 0.0903. The molecule has 1 aromatic carbocycles. The van der Waals surface area contributed by atoms with Crippen molar-refractivity contribution in [1.29, 1.82) is 0 Å². The monoisotopic (exact) mass is 310 g/mol. The zero-order valence-electron chi connectivity index (χ0n) is 11.8. The quantitative estimate of drug-likeness (QED) is 0.452. The van der Waals surface area contributed by atoms with Crippen LogP contribution in [-0.2, 0) is 14.6 Å². The third-order valence-electron chi connectivity index (χ3n) is 2.89. The molecule has 0 amide bonds. The van der Waals surface area contributed by atoms with Crippen LogP contribution in [0.4, 0.5) is 0 Å². The van der Waals surface area contributed by atoms with Crippen LogP contribution in [0.1, 0.15) is 36.5 Å². The Morgan fingerprint density at radius 2 is 1.71 bits per heavy atom. The largest absolute Gasteiger partial charge is 0.478 e. The van der Waals surface area contributed by atoms with Crippen molar-refractivity contribution in [2.75, 3.05) is 5.75 Å². The molecule has 5 nitrogen and oxygen atoms in total. The number of carbonyl (C=O) groups excluding carboxylic acids is 1. The van der Waals surface area contributed by atoms with E-state index in [-0.39, 0.29) is 16.2 Å². The topological polar surface area (TPSA) is 88.5 Å². The molecule has 0 heterocycles. The molecular formula is C15H18O5S. The number of carboxylic acids is 1. The van der Waals surface area contributed by atoms with Gasteiger partial charge in [-0.05, 0) is 36.8 Å². The molecule has 0 aliphatic rings. The van der Waals surface area contributed by atoms with Crippen LogP contribution in [0.3, 0.4) is 0 Å². The number of hydrogen-bond donors (Lipinski definition) is 1. The van der Waals surface area contributed by atoms with E-state index in [0.717, 1.165) is 25.0 Å². The van der Waals surface area contributed by atoms with Crippen LogP contribution in [0.15, 0.2) is 41.3 Å². The average molecular weight is 310 g/mol. The molecule has 0 saturated heterocycles. The number of carboxylic acid groups (broad SMARTS) is 1. The highest BCUT2D eigenvalue weighted by atomic mass is 32.2. The highest BCUT2D eigenvalue weighted by molar-refractivity contribution is 7.91. The lowest BCUT2D eigenvalue weighted by atomic mass is 10.1. The van der Waals surface area contributed by atoms with Crippen molar-refractivity contribution in [2.24, 2.45) is 0 Å². The molecule has 1 rings (SSSR count). The number of hydrogen-bond acceptors (Lipinski definition) is 4. The first-order chi connectivity index (χ1) is 9.86. The number of rotatable bonds is 8. The summed E-state index contributed by atoms with van der Waals surface area (Å²) in [7, 11) is -3.32. The molecule has 0 saturated carbocycles. The Labute approximate surface area is 124 Å². The van der Waals surface area contributed by atoms with Crippen molar-refractivity contribution in [2.45, 2.75) is 31.1 Å². The van der Waals surface area contributed by atoms with Gasteiger partial charge in [0.1, 0.15) is 0 Å². The Morgan fingerprint density at radius 1 is 1.10 bits per heavy atom. The van der Waals surface area contributed by atoms with E-state index in [2.05, 4.69) is 0 Å². The Hall–Kier alpha value is -1.95. The first-order valence-electron chi connectivity index (χ1n) is 6.65. The second-order valence-corrected chi connectivity index (χ2v) is 6.70. The van der Waals surface area contributed by atoms with Gasteiger partial charge in [-0.15, -0.1) is 0 Å². The summed E-state index contributed by atoms with van der Waals surface area (Å²) in [4.78, 5) is 22.1. The summed E-state index contributed by atoms with van der Waals surface area (Å²) in [6.45, 7) is 2.00. The number of carbonyl (C=O) groups is 2. The van der Waals surface area contributed by atoms with E-state index in [1.807, 2.05) is 6.92 Å². The number of unbranched alkanes of at least 4 members (excludes halogenated alkanes) is 2. The first-order valence-corrected chi connectivity index (χ1v) is 8.30. The number of aliphatic carboxylic acids is 1. The zero-order valence-corrected chi connectivity index (χ0v) is 12.6. The molecular weight excluding hydrogens is 292 g/mol. The lowest BCUT2D eigenvalue weighted by molar-refractivity contribution is -0.131. The molecule has 0 radical (unpaired) electrons. The van der Waals surface area contributed by atoms with Crippen molar-refractivity contribution in [3.05, 3.63) is 42.0 Å². The smallest absolute Gasteiger partial charge is 0.328 e. The molecule has 0 aliphatic heterocycles. The first kappa shape index (κ1) is 17.1. The third kappa shape index (κ3) is 5.51. The highest BCUT2D eigenvalue weighted by Crippen LogP contribution is 2.15. The predicted octanol–water partition coefficient (Wildman–Crippen LogP) is 2.47. The average Bonchev–Trinajstić information content (AvgIpc) is 2.45. The Morgan fingerprint density at radius 3 is 2.24 bits per heavy atom. The summed E-state index contributed by atoms with van der Waals surface area (Å²) in [5.41, 5.74) is 0.250. The SMILES string of the molecule is CCCCCS(=O)(=O)c1ccc(C(=O)/C=C/C(=O)O)cc1. The summed E-state index contributed by atoms with van der Waals surface area (Å²) in [6.07, 6.45) is 4.10. The predicted molar refractivity (Wildman–Crippen MR) is 79.1 cm³/mol. The van der Waals surface area contributed by atoms with E-state index in [0.29, 0.717) is 6.42 Å². The van der Waals surface area contributed by atoms with Crippen LogP contribution in [-0.4, -0.2) is 31.0 Å². The van der Waals surface area contributed by atoms with Crippen molar-refractivity contribution in [3.63, 3.8) is 0 Å². The minimum Gasteiger partial charge on any atom is -0.478 e. The maximum Gasteiger partial charge on any atom is 0.328 e. The van der Waals surface area contributed by atoms with Gasteiger partial charge in [0.2, 0.25) is 0 Å². The van der Waals surface area contributed by atoms with Gasteiger partial charge in [-0.25, -0.2) is 13.2 Å².